The molecule has 110 valence electrons. The molecule has 0 aromatic heterocycles. The SMILES string of the molecule is O=C(O)CCCN(CCc1ccccc1)c1ccccc1. The maximum absolute atomic E-state index is 10.7. The number of hydrogen-bond donors (Lipinski definition) is 1. The van der Waals surface area contributed by atoms with Gasteiger partial charge in [0.2, 0.25) is 0 Å². The highest BCUT2D eigenvalue weighted by molar-refractivity contribution is 5.66. The summed E-state index contributed by atoms with van der Waals surface area (Å²) in [6.45, 7) is 1.66. The molecule has 0 amide bonds. The Kier molecular flexibility index (Phi) is 5.83. The number of aliphatic carboxylic acids is 1. The predicted octanol–water partition coefficient (Wildman–Crippen LogP) is 3.60. The number of para-hydroxylation sites is 1. The van der Waals surface area contributed by atoms with Crippen LogP contribution in [0.25, 0.3) is 0 Å². The number of rotatable bonds is 8. The molecule has 0 heterocycles. The van der Waals surface area contributed by atoms with Gasteiger partial charge < -0.3 is 10.0 Å². The Morgan fingerprint density at radius 2 is 1.52 bits per heavy atom. The number of carbonyl (C=O) groups is 1. The van der Waals surface area contributed by atoms with Crippen LogP contribution in [0.1, 0.15) is 18.4 Å². The van der Waals surface area contributed by atoms with Gasteiger partial charge in [0.25, 0.3) is 0 Å². The van der Waals surface area contributed by atoms with Gasteiger partial charge in [0.15, 0.2) is 0 Å². The lowest BCUT2D eigenvalue weighted by molar-refractivity contribution is -0.137. The maximum atomic E-state index is 10.7. The van der Waals surface area contributed by atoms with Gasteiger partial charge >= 0.3 is 5.97 Å². The van der Waals surface area contributed by atoms with Crippen LogP contribution in [0.4, 0.5) is 5.69 Å². The van der Waals surface area contributed by atoms with E-state index in [0.29, 0.717) is 6.42 Å². The normalized spacial score (nSPS) is 10.3. The predicted molar refractivity (Wildman–Crippen MR) is 85.7 cm³/mol. The second kappa shape index (κ2) is 8.10. The third-order valence-corrected chi connectivity index (χ3v) is 3.45. The molecule has 0 aliphatic carbocycles. The van der Waals surface area contributed by atoms with Crippen molar-refractivity contribution in [2.45, 2.75) is 19.3 Å². The van der Waals surface area contributed by atoms with Gasteiger partial charge in [-0.1, -0.05) is 48.5 Å². The fourth-order valence-corrected chi connectivity index (χ4v) is 2.34. The lowest BCUT2D eigenvalue weighted by atomic mass is 10.1. The lowest BCUT2D eigenvalue weighted by Crippen LogP contribution is -2.27. The van der Waals surface area contributed by atoms with E-state index in [1.165, 1.54) is 5.56 Å². The van der Waals surface area contributed by atoms with Crippen molar-refractivity contribution in [1.29, 1.82) is 0 Å². The second-order valence-electron chi connectivity index (χ2n) is 5.06. The summed E-state index contributed by atoms with van der Waals surface area (Å²) >= 11 is 0. The molecule has 3 nitrogen and oxygen atoms in total. The number of carboxylic acid groups (broad SMARTS) is 1. The fourth-order valence-electron chi connectivity index (χ4n) is 2.34. The topological polar surface area (TPSA) is 40.5 Å². The van der Waals surface area contributed by atoms with E-state index >= 15 is 0 Å². The van der Waals surface area contributed by atoms with Crippen LogP contribution in [0.3, 0.4) is 0 Å². The minimum absolute atomic E-state index is 0.217. The van der Waals surface area contributed by atoms with Crippen molar-refractivity contribution in [2.24, 2.45) is 0 Å². The Balaban J connectivity index is 1.96. The van der Waals surface area contributed by atoms with E-state index in [4.69, 9.17) is 5.11 Å². The van der Waals surface area contributed by atoms with Crippen LogP contribution < -0.4 is 4.90 Å². The van der Waals surface area contributed by atoms with Crippen molar-refractivity contribution < 1.29 is 9.90 Å². The summed E-state index contributed by atoms with van der Waals surface area (Å²) in [6.07, 6.45) is 1.84. The summed E-state index contributed by atoms with van der Waals surface area (Å²) in [4.78, 5) is 12.9. The van der Waals surface area contributed by atoms with Crippen LogP contribution in [0.5, 0.6) is 0 Å². The van der Waals surface area contributed by atoms with Gasteiger partial charge in [-0.3, -0.25) is 4.79 Å². The Morgan fingerprint density at radius 3 is 2.14 bits per heavy atom. The van der Waals surface area contributed by atoms with Gasteiger partial charge in [0.1, 0.15) is 0 Å². The molecule has 0 bridgehead atoms. The zero-order chi connectivity index (χ0) is 14.9. The standard InChI is InChI=1S/C18H21NO2/c20-18(21)12-7-14-19(17-10-5-2-6-11-17)15-13-16-8-3-1-4-9-16/h1-6,8-11H,7,12-15H2,(H,20,21). The highest BCUT2D eigenvalue weighted by atomic mass is 16.4. The first-order chi connectivity index (χ1) is 10.3. The number of anilines is 1. The van der Waals surface area contributed by atoms with Crippen molar-refractivity contribution in [3.05, 3.63) is 66.2 Å². The second-order valence-corrected chi connectivity index (χ2v) is 5.06. The molecule has 0 aliphatic rings. The van der Waals surface area contributed by atoms with E-state index in [1.54, 1.807) is 0 Å². The van der Waals surface area contributed by atoms with Gasteiger partial charge in [0.05, 0.1) is 0 Å². The largest absolute Gasteiger partial charge is 0.481 e. The minimum atomic E-state index is -0.730. The zero-order valence-corrected chi connectivity index (χ0v) is 12.1. The van der Waals surface area contributed by atoms with Crippen LogP contribution in [-0.4, -0.2) is 24.2 Å². The van der Waals surface area contributed by atoms with Crippen LogP contribution in [0.15, 0.2) is 60.7 Å². The first-order valence-corrected chi connectivity index (χ1v) is 7.31. The van der Waals surface area contributed by atoms with Gasteiger partial charge in [-0.15, -0.1) is 0 Å². The van der Waals surface area contributed by atoms with Gasteiger partial charge in [-0.05, 0) is 30.5 Å². The van der Waals surface area contributed by atoms with Gasteiger partial charge in [0, 0.05) is 25.2 Å². The molecule has 0 saturated heterocycles. The molecular weight excluding hydrogens is 262 g/mol. The zero-order valence-electron chi connectivity index (χ0n) is 12.1. The van der Waals surface area contributed by atoms with Crippen molar-refractivity contribution in [2.75, 3.05) is 18.0 Å². The van der Waals surface area contributed by atoms with E-state index < -0.39 is 5.97 Å². The molecule has 0 unspecified atom stereocenters. The Bertz CT molecular complexity index is 540. The van der Waals surface area contributed by atoms with E-state index in [0.717, 1.165) is 25.2 Å². The molecule has 0 fully saturated rings. The van der Waals surface area contributed by atoms with Crippen LogP contribution in [-0.2, 0) is 11.2 Å². The Labute approximate surface area is 125 Å². The number of hydrogen-bond acceptors (Lipinski definition) is 2. The number of nitrogens with zero attached hydrogens (tertiary/aromatic N) is 1. The average molecular weight is 283 g/mol. The first kappa shape index (κ1) is 15.1. The van der Waals surface area contributed by atoms with Crippen LogP contribution in [0.2, 0.25) is 0 Å². The van der Waals surface area contributed by atoms with Crippen molar-refractivity contribution in [3.8, 4) is 0 Å². The molecule has 0 radical (unpaired) electrons. The van der Waals surface area contributed by atoms with Crippen LogP contribution >= 0.6 is 0 Å². The Hall–Kier alpha value is -2.29. The van der Waals surface area contributed by atoms with Crippen molar-refractivity contribution >= 4 is 11.7 Å². The summed E-state index contributed by atoms with van der Waals surface area (Å²) in [6, 6.07) is 20.5. The molecule has 2 aromatic carbocycles. The highest BCUT2D eigenvalue weighted by Crippen LogP contribution is 2.15. The van der Waals surface area contributed by atoms with Crippen molar-refractivity contribution in [3.63, 3.8) is 0 Å². The molecule has 0 aliphatic heterocycles. The fraction of sp³-hybridized carbons (Fsp3) is 0.278. The van der Waals surface area contributed by atoms with E-state index in [9.17, 15) is 4.79 Å². The molecule has 2 aromatic rings. The maximum Gasteiger partial charge on any atom is 0.303 e. The molecular formula is C18H21NO2. The molecule has 1 N–H and O–H groups in total. The average Bonchev–Trinajstić information content (AvgIpc) is 2.52. The Morgan fingerprint density at radius 1 is 0.905 bits per heavy atom. The quantitative estimate of drug-likeness (QED) is 0.804. The van der Waals surface area contributed by atoms with Crippen molar-refractivity contribution in [1.82, 2.24) is 0 Å². The smallest absolute Gasteiger partial charge is 0.303 e. The highest BCUT2D eigenvalue weighted by Gasteiger charge is 2.07. The molecule has 2 rings (SSSR count). The monoisotopic (exact) mass is 283 g/mol. The number of benzene rings is 2. The van der Waals surface area contributed by atoms with E-state index in [1.807, 2.05) is 36.4 Å². The summed E-state index contributed by atoms with van der Waals surface area (Å²) in [5.41, 5.74) is 2.45. The van der Waals surface area contributed by atoms with Gasteiger partial charge in [-0.25, -0.2) is 0 Å². The van der Waals surface area contributed by atoms with E-state index in [2.05, 4.69) is 29.2 Å². The molecule has 0 atom stereocenters. The third kappa shape index (κ3) is 5.30. The summed E-state index contributed by atoms with van der Waals surface area (Å²) < 4.78 is 0. The molecule has 21 heavy (non-hydrogen) atoms. The molecule has 0 spiro atoms. The summed E-state index contributed by atoms with van der Waals surface area (Å²) in [5.74, 6) is -0.730. The first-order valence-electron chi connectivity index (χ1n) is 7.31. The third-order valence-electron chi connectivity index (χ3n) is 3.45. The van der Waals surface area contributed by atoms with Crippen LogP contribution in [0, 0.1) is 0 Å². The lowest BCUT2D eigenvalue weighted by Gasteiger charge is -2.24. The summed E-state index contributed by atoms with van der Waals surface area (Å²) in [7, 11) is 0. The molecule has 0 saturated carbocycles. The number of carboxylic acids is 1. The minimum Gasteiger partial charge on any atom is -0.481 e. The van der Waals surface area contributed by atoms with Gasteiger partial charge in [-0.2, -0.15) is 0 Å². The summed E-state index contributed by atoms with van der Waals surface area (Å²) in [5, 5.41) is 8.79. The molecule has 3 heteroatoms. The van der Waals surface area contributed by atoms with E-state index in [-0.39, 0.29) is 6.42 Å².